The summed E-state index contributed by atoms with van der Waals surface area (Å²) in [5, 5.41) is 10.8. The Bertz CT molecular complexity index is 841. The number of carbonyl (C=O) groups excluding carboxylic acids is 1. The minimum Gasteiger partial charge on any atom is -0.493 e. The van der Waals surface area contributed by atoms with Crippen molar-refractivity contribution in [3.63, 3.8) is 0 Å². The molecule has 1 aliphatic heterocycles. The normalized spacial score (nSPS) is 13.0. The highest BCUT2D eigenvalue weighted by atomic mass is 16.5. The van der Waals surface area contributed by atoms with Crippen molar-refractivity contribution < 1.29 is 9.53 Å². The summed E-state index contributed by atoms with van der Waals surface area (Å²) in [6.45, 7) is 0.676. The van der Waals surface area contributed by atoms with E-state index in [2.05, 4.69) is 15.5 Å². The van der Waals surface area contributed by atoms with Crippen LogP contribution < -0.4 is 10.1 Å². The highest BCUT2D eigenvalue weighted by Gasteiger charge is 2.16. The quantitative estimate of drug-likeness (QED) is 0.778. The average molecular weight is 280 g/mol. The van der Waals surface area contributed by atoms with Crippen molar-refractivity contribution in [2.75, 3.05) is 11.9 Å². The molecule has 0 atom stereocenters. The van der Waals surface area contributed by atoms with Crippen molar-refractivity contribution in [1.82, 2.24) is 14.6 Å². The molecule has 1 amide bonds. The molecule has 0 saturated carbocycles. The van der Waals surface area contributed by atoms with E-state index >= 15 is 0 Å². The Balaban J connectivity index is 1.63. The van der Waals surface area contributed by atoms with Gasteiger partial charge in [0.2, 0.25) is 5.95 Å². The van der Waals surface area contributed by atoms with Gasteiger partial charge in [-0.2, -0.15) is 0 Å². The Morgan fingerprint density at radius 3 is 3.14 bits per heavy atom. The summed E-state index contributed by atoms with van der Waals surface area (Å²) in [6.07, 6.45) is 2.64. The van der Waals surface area contributed by atoms with E-state index in [1.807, 2.05) is 36.5 Å². The van der Waals surface area contributed by atoms with Crippen LogP contribution in [0.15, 0.2) is 42.6 Å². The van der Waals surface area contributed by atoms with Gasteiger partial charge in [-0.25, -0.2) is 0 Å². The van der Waals surface area contributed by atoms with Crippen LogP contribution in [0, 0.1) is 0 Å². The number of carbonyl (C=O) groups is 1. The summed E-state index contributed by atoms with van der Waals surface area (Å²) < 4.78 is 7.17. The Morgan fingerprint density at radius 1 is 1.24 bits per heavy atom. The van der Waals surface area contributed by atoms with Crippen molar-refractivity contribution in [2.45, 2.75) is 6.42 Å². The first kappa shape index (κ1) is 11.9. The van der Waals surface area contributed by atoms with Gasteiger partial charge in [0.15, 0.2) is 5.65 Å². The summed E-state index contributed by atoms with van der Waals surface area (Å²) in [5.74, 6) is 1.06. The Labute approximate surface area is 120 Å². The molecule has 6 nitrogen and oxygen atoms in total. The molecule has 1 aromatic carbocycles. The number of aromatic nitrogens is 3. The number of hydrogen-bond acceptors (Lipinski definition) is 4. The highest BCUT2D eigenvalue weighted by Crippen LogP contribution is 2.26. The topological polar surface area (TPSA) is 68.5 Å². The maximum Gasteiger partial charge on any atom is 0.258 e. The second-order valence-electron chi connectivity index (χ2n) is 4.83. The monoisotopic (exact) mass is 280 g/mol. The molecule has 0 aliphatic carbocycles. The van der Waals surface area contributed by atoms with Crippen molar-refractivity contribution in [3.05, 3.63) is 53.7 Å². The Kier molecular flexibility index (Phi) is 2.60. The third kappa shape index (κ3) is 2.01. The fourth-order valence-electron chi connectivity index (χ4n) is 2.43. The number of nitrogens with one attached hydrogen (secondary N) is 1. The van der Waals surface area contributed by atoms with Crippen LogP contribution in [0.2, 0.25) is 0 Å². The van der Waals surface area contributed by atoms with Gasteiger partial charge in [-0.3, -0.25) is 14.5 Å². The maximum atomic E-state index is 12.3. The molecule has 104 valence electrons. The number of fused-ring (bicyclic) bond motifs is 2. The molecule has 2 aromatic heterocycles. The largest absolute Gasteiger partial charge is 0.493 e. The third-order valence-corrected chi connectivity index (χ3v) is 3.49. The molecule has 6 heteroatoms. The van der Waals surface area contributed by atoms with E-state index in [0.29, 0.717) is 23.8 Å². The molecule has 0 spiro atoms. The van der Waals surface area contributed by atoms with E-state index in [9.17, 15) is 4.79 Å². The van der Waals surface area contributed by atoms with E-state index in [1.165, 1.54) is 0 Å². The smallest absolute Gasteiger partial charge is 0.258 e. The number of ether oxygens (including phenoxy) is 1. The molecule has 0 unspecified atom stereocenters. The first-order valence-corrected chi connectivity index (χ1v) is 6.68. The minimum absolute atomic E-state index is 0.206. The highest BCUT2D eigenvalue weighted by molar-refractivity contribution is 6.03. The molecule has 1 N–H and O–H groups in total. The van der Waals surface area contributed by atoms with E-state index in [-0.39, 0.29) is 5.91 Å². The van der Waals surface area contributed by atoms with E-state index in [4.69, 9.17) is 4.74 Å². The molecule has 4 rings (SSSR count). The number of hydrogen-bond donors (Lipinski definition) is 1. The van der Waals surface area contributed by atoms with Crippen molar-refractivity contribution in [2.24, 2.45) is 0 Å². The lowest BCUT2D eigenvalue weighted by atomic mass is 10.1. The lowest BCUT2D eigenvalue weighted by Gasteiger charge is -2.05. The third-order valence-electron chi connectivity index (χ3n) is 3.49. The predicted molar refractivity (Wildman–Crippen MR) is 76.6 cm³/mol. The zero-order valence-electron chi connectivity index (χ0n) is 11.1. The van der Waals surface area contributed by atoms with Crippen LogP contribution in [0.1, 0.15) is 15.9 Å². The first-order valence-electron chi connectivity index (χ1n) is 6.68. The Hall–Kier alpha value is -2.89. The van der Waals surface area contributed by atoms with Crippen LogP contribution in [0.3, 0.4) is 0 Å². The van der Waals surface area contributed by atoms with Gasteiger partial charge in [0.05, 0.1) is 6.61 Å². The van der Waals surface area contributed by atoms with Gasteiger partial charge in [0.1, 0.15) is 5.75 Å². The van der Waals surface area contributed by atoms with Gasteiger partial charge in [-0.05, 0) is 35.9 Å². The van der Waals surface area contributed by atoms with Crippen LogP contribution in [0.4, 0.5) is 5.95 Å². The van der Waals surface area contributed by atoms with Crippen LogP contribution in [-0.4, -0.2) is 27.1 Å². The van der Waals surface area contributed by atoms with E-state index in [0.717, 1.165) is 17.7 Å². The molecule has 0 fully saturated rings. The second-order valence-corrected chi connectivity index (χ2v) is 4.83. The molecule has 0 radical (unpaired) electrons. The van der Waals surface area contributed by atoms with Crippen LogP contribution in [0.25, 0.3) is 5.65 Å². The van der Waals surface area contributed by atoms with Crippen LogP contribution in [0.5, 0.6) is 5.75 Å². The van der Waals surface area contributed by atoms with E-state index < -0.39 is 0 Å². The maximum absolute atomic E-state index is 12.3. The molecule has 1 aliphatic rings. The lowest BCUT2D eigenvalue weighted by molar-refractivity contribution is 0.102. The van der Waals surface area contributed by atoms with Crippen molar-refractivity contribution in [3.8, 4) is 5.75 Å². The average Bonchev–Trinajstić information content (AvgIpc) is 3.13. The summed E-state index contributed by atoms with van der Waals surface area (Å²) >= 11 is 0. The summed E-state index contributed by atoms with van der Waals surface area (Å²) in [7, 11) is 0. The fraction of sp³-hybridized carbons (Fsp3) is 0.133. The number of pyridine rings is 1. The number of anilines is 1. The zero-order valence-corrected chi connectivity index (χ0v) is 11.1. The Morgan fingerprint density at radius 2 is 2.19 bits per heavy atom. The fourth-order valence-corrected chi connectivity index (χ4v) is 2.43. The predicted octanol–water partition coefficient (Wildman–Crippen LogP) is 1.92. The molecule has 0 bridgehead atoms. The van der Waals surface area contributed by atoms with Crippen molar-refractivity contribution in [1.29, 1.82) is 0 Å². The van der Waals surface area contributed by atoms with Gasteiger partial charge in [0, 0.05) is 18.2 Å². The molecule has 3 heterocycles. The molecular weight excluding hydrogens is 268 g/mol. The van der Waals surface area contributed by atoms with Gasteiger partial charge >= 0.3 is 0 Å². The molecule has 21 heavy (non-hydrogen) atoms. The van der Waals surface area contributed by atoms with Gasteiger partial charge in [-0.1, -0.05) is 6.07 Å². The second kappa shape index (κ2) is 4.59. The summed E-state index contributed by atoms with van der Waals surface area (Å²) in [5.41, 5.74) is 2.34. The molecule has 0 saturated heterocycles. The number of nitrogens with zero attached hydrogens (tertiary/aromatic N) is 3. The number of rotatable bonds is 2. The van der Waals surface area contributed by atoms with Crippen LogP contribution in [-0.2, 0) is 6.42 Å². The standard InChI is InChI=1S/C15H12N4O2/c20-14(11-4-5-12-10(9-11)6-8-21-12)16-15-18-17-13-3-1-2-7-19(13)15/h1-5,7,9H,6,8H2,(H,16,18,20). The SMILES string of the molecule is O=C(Nc1nnc2ccccn12)c1ccc2c(c1)CCO2. The van der Waals surface area contributed by atoms with Gasteiger partial charge in [-0.15, -0.1) is 10.2 Å². The first-order chi connectivity index (χ1) is 10.3. The van der Waals surface area contributed by atoms with Crippen LogP contribution >= 0.6 is 0 Å². The lowest BCUT2D eigenvalue weighted by Crippen LogP contribution is -2.14. The molecule has 3 aromatic rings. The van der Waals surface area contributed by atoms with Crippen molar-refractivity contribution >= 4 is 17.5 Å². The number of amides is 1. The summed E-state index contributed by atoms with van der Waals surface area (Å²) in [4.78, 5) is 12.3. The van der Waals surface area contributed by atoms with Gasteiger partial charge < -0.3 is 4.74 Å². The van der Waals surface area contributed by atoms with Gasteiger partial charge in [0.25, 0.3) is 5.91 Å². The molecular formula is C15H12N4O2. The van der Waals surface area contributed by atoms with E-state index in [1.54, 1.807) is 10.5 Å². The summed E-state index contributed by atoms with van der Waals surface area (Å²) in [6, 6.07) is 11.0. The zero-order chi connectivity index (χ0) is 14.2. The number of benzene rings is 1. The minimum atomic E-state index is -0.206.